The number of nitrogen functional groups attached to an aromatic ring is 1. The van der Waals surface area contributed by atoms with Crippen LogP contribution in [0, 0.1) is 0 Å². The van der Waals surface area contributed by atoms with Gasteiger partial charge in [-0.05, 0) is 17.7 Å². The van der Waals surface area contributed by atoms with E-state index in [1.165, 1.54) is 7.11 Å². The molecule has 10 nitrogen and oxygen atoms in total. The number of hydrogen-bond donors (Lipinski definition) is 3. The van der Waals surface area contributed by atoms with Gasteiger partial charge in [-0.3, -0.25) is 14.5 Å². The van der Waals surface area contributed by atoms with E-state index in [0.717, 1.165) is 4.90 Å². The zero-order chi connectivity index (χ0) is 19.0. The number of amides is 2. The topological polar surface area (TPSA) is 160 Å². The van der Waals surface area contributed by atoms with Crippen LogP contribution in [0.25, 0.3) is 0 Å². The Kier molecular flexibility index (Phi) is 6.50. The molecule has 0 radical (unpaired) electrons. The van der Waals surface area contributed by atoms with Crippen LogP contribution in [0.4, 0.5) is 5.69 Å². The number of β-lactam (4-membered cyclic amide) rings is 1. The second-order valence-corrected chi connectivity index (χ2v) is 5.80. The number of methoxy groups -OCH3 is 1. The predicted molar refractivity (Wildman–Crippen MR) is 85.3 cm³/mol. The van der Waals surface area contributed by atoms with Gasteiger partial charge in [0.15, 0.2) is 12.3 Å². The van der Waals surface area contributed by atoms with E-state index in [1.54, 1.807) is 24.3 Å². The molecule has 3 rings (SSSR count). The minimum absolute atomic E-state index is 0. The van der Waals surface area contributed by atoms with E-state index in [9.17, 15) is 19.5 Å². The van der Waals surface area contributed by atoms with Crippen LogP contribution in [-0.4, -0.2) is 48.7 Å². The van der Waals surface area contributed by atoms with E-state index >= 15 is 0 Å². The van der Waals surface area contributed by atoms with Crippen molar-refractivity contribution in [2.24, 2.45) is 5.73 Å². The van der Waals surface area contributed by atoms with Gasteiger partial charge in [0.1, 0.15) is 24.1 Å². The molecule has 2 heterocycles. The monoisotopic (exact) mass is 384 g/mol. The normalized spacial score (nSPS) is 22.1. The number of carboxylic acids is 1. The molecule has 1 aromatic carbocycles. The molecule has 3 atom stereocenters. The summed E-state index contributed by atoms with van der Waals surface area (Å²) in [6.07, 6.45) is -0.961. The number of carboxylic acid groups (broad SMARTS) is 1. The van der Waals surface area contributed by atoms with Crippen molar-refractivity contribution in [2.45, 2.75) is 18.3 Å². The average molecular weight is 384 g/mol. The Balaban J connectivity index is 0.00000261. The number of carbonyl (C=O) groups is 3. The molecule has 0 bridgehead atoms. The summed E-state index contributed by atoms with van der Waals surface area (Å²) in [7, 11) is 1.26. The van der Waals surface area contributed by atoms with Crippen LogP contribution >= 0.6 is 0 Å². The summed E-state index contributed by atoms with van der Waals surface area (Å²) in [5.41, 5.74) is 12.1. The molecule has 138 valence electrons. The van der Waals surface area contributed by atoms with E-state index in [4.69, 9.17) is 20.9 Å². The number of nitrogens with zero attached hydrogens (tertiary/aromatic N) is 1. The second kappa shape index (κ2) is 8.28. The standard InChI is InChI=1S/C16H18N4O6.Na/c1-25-9-6-26-15-11(14(22)20(15)12(9)16(23)24)19-13(21)10(18)7-2-4-8(17)5-3-7;/h2-5,10-11,15H,6,17-18H2,1H3,(H,19,21)(H,23,24);/q;+1/p-1/t10-,11-,15-;/m1./s1. The molecule has 0 unspecified atom stereocenters. The van der Waals surface area contributed by atoms with Gasteiger partial charge in [-0.25, -0.2) is 0 Å². The summed E-state index contributed by atoms with van der Waals surface area (Å²) in [6, 6.07) is 4.35. The molecule has 2 aliphatic rings. The third-order valence-corrected chi connectivity index (χ3v) is 4.25. The summed E-state index contributed by atoms with van der Waals surface area (Å²) < 4.78 is 10.3. The molecule has 5 N–H and O–H groups in total. The van der Waals surface area contributed by atoms with Crippen LogP contribution in [0.3, 0.4) is 0 Å². The summed E-state index contributed by atoms with van der Waals surface area (Å²) in [4.78, 5) is 36.8. The van der Waals surface area contributed by atoms with Crippen LogP contribution < -0.4 is 51.4 Å². The molecule has 27 heavy (non-hydrogen) atoms. The fourth-order valence-corrected chi connectivity index (χ4v) is 2.83. The molecule has 0 aliphatic carbocycles. The van der Waals surface area contributed by atoms with E-state index in [1.807, 2.05) is 0 Å². The Morgan fingerprint density at radius 2 is 2.00 bits per heavy atom. The molecule has 1 saturated heterocycles. The maximum atomic E-state index is 12.3. The second-order valence-electron chi connectivity index (χ2n) is 5.80. The van der Waals surface area contributed by atoms with Crippen molar-refractivity contribution in [1.82, 2.24) is 10.2 Å². The smallest absolute Gasteiger partial charge is 0.543 e. The Hall–Kier alpha value is -2.11. The van der Waals surface area contributed by atoms with Gasteiger partial charge < -0.3 is 36.2 Å². The third-order valence-electron chi connectivity index (χ3n) is 4.25. The average Bonchev–Trinajstić information content (AvgIpc) is 2.64. The molecule has 2 amide bonds. The molecular formula is C16H17N4NaO6. The van der Waals surface area contributed by atoms with Gasteiger partial charge >= 0.3 is 29.6 Å². The molecular weight excluding hydrogens is 367 g/mol. The summed E-state index contributed by atoms with van der Waals surface area (Å²) in [5.74, 6) is -2.85. The number of carbonyl (C=O) groups excluding carboxylic acids is 3. The van der Waals surface area contributed by atoms with Crippen molar-refractivity contribution in [3.8, 4) is 0 Å². The molecule has 2 aliphatic heterocycles. The first-order chi connectivity index (χ1) is 12.3. The van der Waals surface area contributed by atoms with Crippen molar-refractivity contribution in [3.63, 3.8) is 0 Å². The molecule has 11 heteroatoms. The van der Waals surface area contributed by atoms with Gasteiger partial charge in [0.25, 0.3) is 5.91 Å². The number of hydrogen-bond acceptors (Lipinski definition) is 8. The van der Waals surface area contributed by atoms with Gasteiger partial charge in [-0.1, -0.05) is 12.1 Å². The Morgan fingerprint density at radius 1 is 1.37 bits per heavy atom. The number of rotatable bonds is 5. The van der Waals surface area contributed by atoms with E-state index in [-0.39, 0.29) is 41.9 Å². The minimum Gasteiger partial charge on any atom is -0.543 e. The van der Waals surface area contributed by atoms with Crippen molar-refractivity contribution in [1.29, 1.82) is 0 Å². The zero-order valence-electron chi connectivity index (χ0n) is 14.8. The van der Waals surface area contributed by atoms with E-state index in [2.05, 4.69) is 5.32 Å². The number of anilines is 1. The van der Waals surface area contributed by atoms with Crippen LogP contribution in [-0.2, 0) is 23.9 Å². The first kappa shape index (κ1) is 21.2. The van der Waals surface area contributed by atoms with Crippen molar-refractivity contribution in [2.75, 3.05) is 19.5 Å². The Bertz CT molecular complexity index is 797. The number of ether oxygens (including phenoxy) is 2. The summed E-state index contributed by atoms with van der Waals surface area (Å²) in [5, 5.41) is 13.8. The van der Waals surface area contributed by atoms with Gasteiger partial charge in [0, 0.05) is 5.69 Å². The summed E-state index contributed by atoms with van der Waals surface area (Å²) >= 11 is 0. The summed E-state index contributed by atoms with van der Waals surface area (Å²) in [6.45, 7) is -0.162. The van der Waals surface area contributed by atoms with Crippen LogP contribution in [0.1, 0.15) is 11.6 Å². The molecule has 0 aromatic heterocycles. The molecule has 1 fully saturated rings. The van der Waals surface area contributed by atoms with Gasteiger partial charge in [-0.15, -0.1) is 0 Å². The SMILES string of the molecule is COC1=C(C(=O)[O-])N2C(=O)[C@@H](NC(=O)[C@H](N)c3ccc(N)cc3)[C@H]2OC1.[Na+]. The maximum Gasteiger partial charge on any atom is 1.00 e. The number of aliphatic carboxylic acids is 1. The Labute approximate surface area is 176 Å². The first-order valence-corrected chi connectivity index (χ1v) is 7.69. The van der Waals surface area contributed by atoms with Gasteiger partial charge in [0.05, 0.1) is 13.1 Å². The fraction of sp³-hybridized carbons (Fsp3) is 0.312. The number of benzene rings is 1. The molecule has 1 aromatic rings. The van der Waals surface area contributed by atoms with Crippen LogP contribution in [0.5, 0.6) is 0 Å². The van der Waals surface area contributed by atoms with E-state index < -0.39 is 41.8 Å². The number of nitrogens with two attached hydrogens (primary N) is 2. The largest absolute Gasteiger partial charge is 1.00 e. The molecule has 0 spiro atoms. The van der Waals surface area contributed by atoms with Gasteiger partial charge in [0.2, 0.25) is 5.91 Å². The fourth-order valence-electron chi connectivity index (χ4n) is 2.83. The van der Waals surface area contributed by atoms with Crippen LogP contribution in [0.2, 0.25) is 0 Å². The van der Waals surface area contributed by atoms with Crippen molar-refractivity contribution in [3.05, 3.63) is 41.3 Å². The van der Waals surface area contributed by atoms with Crippen molar-refractivity contribution >= 4 is 23.5 Å². The minimum atomic E-state index is -1.56. The number of nitrogens with one attached hydrogen (secondary N) is 1. The van der Waals surface area contributed by atoms with Crippen molar-refractivity contribution < 1.29 is 58.5 Å². The molecule has 0 saturated carbocycles. The Morgan fingerprint density at radius 3 is 2.56 bits per heavy atom. The van der Waals surface area contributed by atoms with E-state index in [0.29, 0.717) is 11.3 Å². The zero-order valence-corrected chi connectivity index (χ0v) is 16.8. The van der Waals surface area contributed by atoms with Gasteiger partial charge in [-0.2, -0.15) is 0 Å². The van der Waals surface area contributed by atoms with Crippen LogP contribution in [0.15, 0.2) is 35.7 Å². The first-order valence-electron chi connectivity index (χ1n) is 7.69. The maximum absolute atomic E-state index is 12.3. The quantitative estimate of drug-likeness (QED) is 0.258. The third kappa shape index (κ3) is 3.80. The predicted octanol–water partition coefficient (Wildman–Crippen LogP) is -5.44. The number of fused-ring (bicyclic) bond motifs is 1.